The Morgan fingerprint density at radius 2 is 2.18 bits per heavy atom. The van der Waals surface area contributed by atoms with Gasteiger partial charge in [-0.2, -0.15) is 0 Å². The monoisotopic (exact) mass is 294 g/mol. The molecule has 0 aliphatic rings. The van der Waals surface area contributed by atoms with Crippen LogP contribution >= 0.6 is 15.9 Å². The Morgan fingerprint density at radius 3 is 2.88 bits per heavy atom. The molecule has 0 bridgehead atoms. The lowest BCUT2D eigenvalue weighted by atomic mass is 10.1. The van der Waals surface area contributed by atoms with Gasteiger partial charge in [0.05, 0.1) is 16.8 Å². The van der Waals surface area contributed by atoms with Crippen molar-refractivity contribution < 1.29 is 5.11 Å². The second-order valence-electron chi connectivity index (χ2n) is 4.70. The van der Waals surface area contributed by atoms with Crippen LogP contribution in [0.25, 0.3) is 10.9 Å². The lowest BCUT2D eigenvalue weighted by Crippen LogP contribution is -2.29. The smallest absolute Gasteiger partial charge is 0.0934 e. The van der Waals surface area contributed by atoms with Crippen molar-refractivity contribution >= 4 is 32.5 Å². The summed E-state index contributed by atoms with van der Waals surface area (Å²) in [5.41, 5.74) is 1.12. The number of fused-ring (bicyclic) bond motifs is 1. The number of anilines is 1. The lowest BCUT2D eigenvalue weighted by molar-refractivity contribution is 0.0945. The Labute approximate surface area is 109 Å². The number of nitrogens with one attached hydrogen (secondary N) is 1. The minimum absolute atomic E-state index is 0.490. The average molecular weight is 295 g/mol. The molecular weight excluding hydrogens is 280 g/mol. The van der Waals surface area contributed by atoms with E-state index in [4.69, 9.17) is 0 Å². The van der Waals surface area contributed by atoms with Crippen LogP contribution in [0.1, 0.15) is 13.8 Å². The van der Waals surface area contributed by atoms with Crippen molar-refractivity contribution in [3.8, 4) is 0 Å². The Bertz CT molecular complexity index is 534. The molecule has 0 spiro atoms. The fraction of sp³-hybridized carbons (Fsp3) is 0.308. The van der Waals surface area contributed by atoms with Crippen molar-refractivity contribution in [1.82, 2.24) is 4.98 Å². The van der Waals surface area contributed by atoms with Crippen molar-refractivity contribution in [3.63, 3.8) is 0 Å². The van der Waals surface area contributed by atoms with Crippen LogP contribution in [0.3, 0.4) is 0 Å². The standard InChI is InChI=1S/C13H15BrN2O/c1-13(2,17)8-16-11-5-3-4-9-6-10(14)7-15-12(9)11/h3-7,16-17H,8H2,1-2H3. The summed E-state index contributed by atoms with van der Waals surface area (Å²) in [7, 11) is 0. The number of hydrogen-bond acceptors (Lipinski definition) is 3. The van der Waals surface area contributed by atoms with Gasteiger partial charge < -0.3 is 10.4 Å². The Kier molecular flexibility index (Phi) is 3.35. The van der Waals surface area contributed by atoms with Crippen LogP contribution in [0.5, 0.6) is 0 Å². The van der Waals surface area contributed by atoms with Gasteiger partial charge in [0.1, 0.15) is 0 Å². The molecule has 2 N–H and O–H groups in total. The molecule has 0 atom stereocenters. The highest BCUT2D eigenvalue weighted by Gasteiger charge is 2.12. The van der Waals surface area contributed by atoms with Gasteiger partial charge in [-0.1, -0.05) is 12.1 Å². The van der Waals surface area contributed by atoms with E-state index in [2.05, 4.69) is 26.2 Å². The predicted molar refractivity (Wildman–Crippen MR) is 74.2 cm³/mol. The molecule has 0 aliphatic carbocycles. The summed E-state index contributed by atoms with van der Waals surface area (Å²) in [5.74, 6) is 0. The van der Waals surface area contributed by atoms with E-state index in [1.165, 1.54) is 0 Å². The summed E-state index contributed by atoms with van der Waals surface area (Å²) in [5, 5.41) is 14.0. The third kappa shape index (κ3) is 3.17. The zero-order valence-electron chi connectivity index (χ0n) is 9.87. The molecule has 0 saturated carbocycles. The Morgan fingerprint density at radius 1 is 1.41 bits per heavy atom. The molecule has 4 heteroatoms. The maximum Gasteiger partial charge on any atom is 0.0934 e. The van der Waals surface area contributed by atoms with E-state index in [0.29, 0.717) is 6.54 Å². The largest absolute Gasteiger partial charge is 0.389 e. The summed E-state index contributed by atoms with van der Waals surface area (Å²) in [6.45, 7) is 4.04. The lowest BCUT2D eigenvalue weighted by Gasteiger charge is -2.19. The number of hydrogen-bond donors (Lipinski definition) is 2. The van der Waals surface area contributed by atoms with Crippen LogP contribution < -0.4 is 5.32 Å². The first-order valence-electron chi connectivity index (χ1n) is 5.46. The highest BCUT2D eigenvalue weighted by Crippen LogP contribution is 2.24. The van der Waals surface area contributed by atoms with Crippen molar-refractivity contribution in [1.29, 1.82) is 0 Å². The zero-order chi connectivity index (χ0) is 12.5. The maximum atomic E-state index is 9.70. The first-order chi connectivity index (χ1) is 7.96. The molecule has 1 heterocycles. The van der Waals surface area contributed by atoms with Crippen LogP contribution in [0.15, 0.2) is 34.9 Å². The number of aromatic nitrogens is 1. The van der Waals surface area contributed by atoms with E-state index in [1.807, 2.05) is 24.3 Å². The minimum atomic E-state index is -0.739. The van der Waals surface area contributed by atoms with Crippen molar-refractivity contribution in [3.05, 3.63) is 34.9 Å². The van der Waals surface area contributed by atoms with E-state index < -0.39 is 5.60 Å². The molecule has 1 aromatic carbocycles. The minimum Gasteiger partial charge on any atom is -0.389 e. The Hall–Kier alpha value is -1.13. The van der Waals surface area contributed by atoms with Crippen LogP contribution in [0.4, 0.5) is 5.69 Å². The van der Waals surface area contributed by atoms with Crippen molar-refractivity contribution in [2.75, 3.05) is 11.9 Å². The molecule has 0 unspecified atom stereocenters. The fourth-order valence-corrected chi connectivity index (χ4v) is 1.94. The van der Waals surface area contributed by atoms with Gasteiger partial charge in [0.2, 0.25) is 0 Å². The quantitative estimate of drug-likeness (QED) is 0.914. The number of nitrogens with zero attached hydrogens (tertiary/aromatic N) is 1. The molecule has 0 amide bonds. The summed E-state index contributed by atoms with van der Waals surface area (Å²) < 4.78 is 0.963. The molecule has 3 nitrogen and oxygen atoms in total. The molecule has 0 fully saturated rings. The molecule has 0 aliphatic heterocycles. The molecule has 90 valence electrons. The van der Waals surface area contributed by atoms with E-state index in [0.717, 1.165) is 21.1 Å². The van der Waals surface area contributed by atoms with Crippen LogP contribution in [-0.2, 0) is 0 Å². The topological polar surface area (TPSA) is 45.1 Å². The summed E-state index contributed by atoms with van der Waals surface area (Å²) in [6, 6.07) is 7.98. The third-order valence-electron chi connectivity index (χ3n) is 2.39. The number of para-hydroxylation sites is 1. The first kappa shape index (κ1) is 12.3. The van der Waals surface area contributed by atoms with Crippen LogP contribution in [0, 0.1) is 0 Å². The maximum absolute atomic E-state index is 9.70. The van der Waals surface area contributed by atoms with Crippen LogP contribution in [0.2, 0.25) is 0 Å². The Balaban J connectivity index is 2.34. The average Bonchev–Trinajstić information content (AvgIpc) is 2.24. The fourth-order valence-electron chi connectivity index (χ4n) is 1.59. The summed E-state index contributed by atoms with van der Waals surface area (Å²) in [4.78, 5) is 4.39. The van der Waals surface area contributed by atoms with E-state index in [-0.39, 0.29) is 0 Å². The number of halogens is 1. The SMILES string of the molecule is CC(C)(O)CNc1cccc2cc(Br)cnc12. The van der Waals surface area contributed by atoms with Crippen molar-refractivity contribution in [2.45, 2.75) is 19.4 Å². The first-order valence-corrected chi connectivity index (χ1v) is 6.25. The van der Waals surface area contributed by atoms with Gasteiger partial charge in [0.25, 0.3) is 0 Å². The number of aliphatic hydroxyl groups is 1. The molecule has 0 saturated heterocycles. The predicted octanol–water partition coefficient (Wildman–Crippen LogP) is 3.18. The molecule has 2 rings (SSSR count). The summed E-state index contributed by atoms with van der Waals surface area (Å²) in [6.07, 6.45) is 1.78. The third-order valence-corrected chi connectivity index (χ3v) is 2.82. The normalized spacial score (nSPS) is 11.8. The van der Waals surface area contributed by atoms with Gasteiger partial charge in [0, 0.05) is 22.6 Å². The zero-order valence-corrected chi connectivity index (χ0v) is 11.5. The number of pyridine rings is 1. The van der Waals surface area contributed by atoms with Crippen LogP contribution in [-0.4, -0.2) is 22.2 Å². The van der Waals surface area contributed by atoms with Gasteiger partial charge in [-0.25, -0.2) is 0 Å². The van der Waals surface area contributed by atoms with Gasteiger partial charge >= 0.3 is 0 Å². The van der Waals surface area contributed by atoms with Gasteiger partial charge in [0.15, 0.2) is 0 Å². The van der Waals surface area contributed by atoms with Crippen molar-refractivity contribution in [2.24, 2.45) is 0 Å². The van der Waals surface area contributed by atoms with E-state index in [9.17, 15) is 5.11 Å². The van der Waals surface area contributed by atoms with E-state index >= 15 is 0 Å². The highest BCUT2D eigenvalue weighted by molar-refractivity contribution is 9.10. The van der Waals surface area contributed by atoms with Gasteiger partial charge in [-0.05, 0) is 41.9 Å². The molecular formula is C13H15BrN2O. The molecule has 1 aromatic heterocycles. The molecule has 0 radical (unpaired) electrons. The second-order valence-corrected chi connectivity index (χ2v) is 5.61. The van der Waals surface area contributed by atoms with Gasteiger partial charge in [-0.3, -0.25) is 4.98 Å². The van der Waals surface area contributed by atoms with E-state index in [1.54, 1.807) is 20.0 Å². The number of benzene rings is 1. The number of rotatable bonds is 3. The van der Waals surface area contributed by atoms with Gasteiger partial charge in [-0.15, -0.1) is 0 Å². The molecule has 2 aromatic rings. The second kappa shape index (κ2) is 4.63. The highest BCUT2D eigenvalue weighted by atomic mass is 79.9. The molecule has 17 heavy (non-hydrogen) atoms. The summed E-state index contributed by atoms with van der Waals surface area (Å²) >= 11 is 3.40.